The highest BCUT2D eigenvalue weighted by Crippen LogP contribution is 2.07. The van der Waals surface area contributed by atoms with E-state index in [-0.39, 0.29) is 6.04 Å². The number of nitrogens with two attached hydrogens (primary N) is 1. The molecule has 16 heavy (non-hydrogen) atoms. The van der Waals surface area contributed by atoms with Gasteiger partial charge in [-0.25, -0.2) is 0 Å². The van der Waals surface area contributed by atoms with Crippen molar-refractivity contribution in [2.75, 3.05) is 0 Å². The molecular weight excluding hydrogens is 204 g/mol. The molecule has 0 spiro atoms. The van der Waals surface area contributed by atoms with Crippen LogP contribution in [0.15, 0.2) is 0 Å². The van der Waals surface area contributed by atoms with E-state index in [0.29, 0.717) is 0 Å². The average molecular weight is 226 g/mol. The topological polar surface area (TPSA) is 81.7 Å². The number of hydrogen-bond acceptors (Lipinski definition) is 5. The van der Waals surface area contributed by atoms with Crippen LogP contribution in [-0.2, 0) is 13.5 Å². The zero-order chi connectivity index (χ0) is 11.8. The standard InChI is InChI=1S/C10H22N6/c1-3-4-5-6-7-9(12-11)8-10-13-15-16(2)14-10/h9,12H,3-8,11H2,1-2H3. The molecule has 1 aromatic rings. The summed E-state index contributed by atoms with van der Waals surface area (Å²) in [4.78, 5) is 1.47. The largest absolute Gasteiger partial charge is 0.271 e. The number of tetrazole rings is 1. The van der Waals surface area contributed by atoms with Crippen molar-refractivity contribution in [3.63, 3.8) is 0 Å². The molecule has 0 bridgehead atoms. The fourth-order valence-electron chi connectivity index (χ4n) is 1.69. The Hall–Kier alpha value is -1.01. The van der Waals surface area contributed by atoms with Crippen LogP contribution >= 0.6 is 0 Å². The second-order valence-electron chi connectivity index (χ2n) is 4.11. The lowest BCUT2D eigenvalue weighted by Gasteiger charge is -2.13. The Morgan fingerprint density at radius 1 is 1.38 bits per heavy atom. The van der Waals surface area contributed by atoms with Gasteiger partial charge in [-0.15, -0.1) is 10.2 Å². The molecule has 1 rings (SSSR count). The molecule has 92 valence electrons. The van der Waals surface area contributed by atoms with E-state index >= 15 is 0 Å². The van der Waals surface area contributed by atoms with Gasteiger partial charge in [-0.2, -0.15) is 4.80 Å². The van der Waals surface area contributed by atoms with Crippen LogP contribution in [0.5, 0.6) is 0 Å². The van der Waals surface area contributed by atoms with Crippen LogP contribution in [0, 0.1) is 0 Å². The van der Waals surface area contributed by atoms with E-state index in [0.717, 1.165) is 18.7 Å². The maximum Gasteiger partial charge on any atom is 0.176 e. The van der Waals surface area contributed by atoms with Crippen molar-refractivity contribution in [3.8, 4) is 0 Å². The van der Waals surface area contributed by atoms with Gasteiger partial charge in [0.05, 0.1) is 7.05 Å². The van der Waals surface area contributed by atoms with Crippen molar-refractivity contribution >= 4 is 0 Å². The Morgan fingerprint density at radius 3 is 2.75 bits per heavy atom. The van der Waals surface area contributed by atoms with Crippen LogP contribution in [0.3, 0.4) is 0 Å². The van der Waals surface area contributed by atoms with Gasteiger partial charge in [-0.05, 0) is 11.6 Å². The molecule has 0 fully saturated rings. The summed E-state index contributed by atoms with van der Waals surface area (Å²) in [6, 6.07) is 0.251. The molecule has 0 saturated carbocycles. The van der Waals surface area contributed by atoms with Gasteiger partial charge in [0.1, 0.15) is 0 Å². The second-order valence-corrected chi connectivity index (χ2v) is 4.11. The quantitative estimate of drug-likeness (QED) is 0.384. The molecule has 3 N–H and O–H groups in total. The predicted octanol–water partition coefficient (Wildman–Crippen LogP) is 0.555. The third kappa shape index (κ3) is 4.67. The summed E-state index contributed by atoms with van der Waals surface area (Å²) >= 11 is 0. The lowest BCUT2D eigenvalue weighted by Crippen LogP contribution is -2.37. The van der Waals surface area contributed by atoms with Crippen molar-refractivity contribution in [1.82, 2.24) is 25.6 Å². The van der Waals surface area contributed by atoms with Crippen LogP contribution in [0.25, 0.3) is 0 Å². The first kappa shape index (κ1) is 13.1. The summed E-state index contributed by atoms with van der Waals surface area (Å²) in [6.07, 6.45) is 6.82. The number of nitrogens with zero attached hydrogens (tertiary/aromatic N) is 4. The van der Waals surface area contributed by atoms with Crippen molar-refractivity contribution in [2.24, 2.45) is 12.9 Å². The average Bonchev–Trinajstić information content (AvgIpc) is 2.68. The fraction of sp³-hybridized carbons (Fsp3) is 0.900. The van der Waals surface area contributed by atoms with Gasteiger partial charge in [0, 0.05) is 12.5 Å². The molecule has 1 unspecified atom stereocenters. The lowest BCUT2D eigenvalue weighted by atomic mass is 10.1. The molecule has 0 aliphatic carbocycles. The molecule has 0 saturated heterocycles. The van der Waals surface area contributed by atoms with Crippen LogP contribution in [-0.4, -0.2) is 26.2 Å². The Labute approximate surface area is 96.6 Å². The minimum absolute atomic E-state index is 0.251. The summed E-state index contributed by atoms with van der Waals surface area (Å²) in [5, 5.41) is 11.9. The number of hydrogen-bond donors (Lipinski definition) is 2. The van der Waals surface area contributed by atoms with Gasteiger partial charge in [0.15, 0.2) is 5.82 Å². The predicted molar refractivity (Wildman–Crippen MR) is 62.4 cm³/mol. The molecule has 1 atom stereocenters. The Kier molecular flexibility index (Phi) is 5.95. The minimum Gasteiger partial charge on any atom is -0.271 e. The van der Waals surface area contributed by atoms with Crippen LogP contribution in [0.4, 0.5) is 0 Å². The Morgan fingerprint density at radius 2 is 2.19 bits per heavy atom. The molecule has 1 aromatic heterocycles. The molecular formula is C10H22N6. The van der Waals surface area contributed by atoms with Gasteiger partial charge in [-0.1, -0.05) is 32.6 Å². The number of nitrogens with one attached hydrogen (secondary N) is 1. The van der Waals surface area contributed by atoms with Gasteiger partial charge in [-0.3, -0.25) is 11.3 Å². The molecule has 0 aliphatic rings. The van der Waals surface area contributed by atoms with Crippen LogP contribution in [0.2, 0.25) is 0 Å². The minimum atomic E-state index is 0.251. The monoisotopic (exact) mass is 226 g/mol. The van der Waals surface area contributed by atoms with Gasteiger partial charge >= 0.3 is 0 Å². The summed E-state index contributed by atoms with van der Waals surface area (Å²) in [5.41, 5.74) is 2.82. The van der Waals surface area contributed by atoms with Crippen molar-refractivity contribution in [3.05, 3.63) is 5.82 Å². The van der Waals surface area contributed by atoms with E-state index in [4.69, 9.17) is 5.84 Å². The SMILES string of the molecule is CCCCCCC(Cc1nnn(C)n1)NN. The number of hydrazine groups is 1. The summed E-state index contributed by atoms with van der Waals surface area (Å²) in [7, 11) is 1.77. The summed E-state index contributed by atoms with van der Waals surface area (Å²) in [5.74, 6) is 6.26. The third-order valence-corrected chi connectivity index (χ3v) is 2.62. The van der Waals surface area contributed by atoms with E-state index in [2.05, 4.69) is 27.8 Å². The molecule has 1 heterocycles. The normalized spacial score (nSPS) is 12.9. The Balaban J connectivity index is 2.26. The van der Waals surface area contributed by atoms with Gasteiger partial charge in [0.25, 0.3) is 0 Å². The number of rotatable bonds is 8. The van der Waals surface area contributed by atoms with Crippen molar-refractivity contribution in [2.45, 2.75) is 51.5 Å². The Bertz CT molecular complexity index is 285. The highest BCUT2D eigenvalue weighted by atomic mass is 15.6. The van der Waals surface area contributed by atoms with E-state index in [1.807, 2.05) is 0 Å². The first-order chi connectivity index (χ1) is 7.76. The second kappa shape index (κ2) is 7.29. The zero-order valence-electron chi connectivity index (χ0n) is 10.2. The molecule has 6 heteroatoms. The highest BCUT2D eigenvalue weighted by molar-refractivity contribution is 4.83. The number of aromatic nitrogens is 4. The molecule has 6 nitrogen and oxygen atoms in total. The first-order valence-corrected chi connectivity index (χ1v) is 5.95. The summed E-state index contributed by atoms with van der Waals surface area (Å²) in [6.45, 7) is 2.21. The fourth-order valence-corrected chi connectivity index (χ4v) is 1.69. The van der Waals surface area contributed by atoms with E-state index in [9.17, 15) is 0 Å². The molecule has 0 aromatic carbocycles. The molecule has 0 amide bonds. The first-order valence-electron chi connectivity index (χ1n) is 5.95. The van der Waals surface area contributed by atoms with E-state index in [1.54, 1.807) is 7.05 Å². The number of aryl methyl sites for hydroxylation is 1. The maximum absolute atomic E-state index is 5.51. The van der Waals surface area contributed by atoms with Gasteiger partial charge in [0.2, 0.25) is 0 Å². The van der Waals surface area contributed by atoms with Crippen LogP contribution < -0.4 is 11.3 Å². The van der Waals surface area contributed by atoms with Crippen LogP contribution in [0.1, 0.15) is 44.9 Å². The molecule has 0 radical (unpaired) electrons. The lowest BCUT2D eigenvalue weighted by molar-refractivity contribution is 0.455. The molecule has 0 aliphatic heterocycles. The third-order valence-electron chi connectivity index (χ3n) is 2.62. The summed E-state index contributed by atoms with van der Waals surface area (Å²) < 4.78 is 0. The highest BCUT2D eigenvalue weighted by Gasteiger charge is 2.10. The number of unbranched alkanes of at least 4 members (excludes halogenated alkanes) is 3. The van der Waals surface area contributed by atoms with Gasteiger partial charge < -0.3 is 0 Å². The van der Waals surface area contributed by atoms with Crippen molar-refractivity contribution in [1.29, 1.82) is 0 Å². The smallest absolute Gasteiger partial charge is 0.176 e. The van der Waals surface area contributed by atoms with Crippen molar-refractivity contribution < 1.29 is 0 Å². The van der Waals surface area contributed by atoms with E-state index < -0.39 is 0 Å². The zero-order valence-corrected chi connectivity index (χ0v) is 10.2. The maximum atomic E-state index is 5.51. The van der Waals surface area contributed by atoms with E-state index in [1.165, 1.54) is 30.5 Å².